The fraction of sp³-hybridized carbons (Fsp3) is 0.462. The molecule has 3 N–H and O–H groups in total. The number of methoxy groups -OCH3 is 2. The van der Waals surface area contributed by atoms with Gasteiger partial charge in [-0.15, -0.1) is 0 Å². The molecule has 6 heteroatoms. The lowest BCUT2D eigenvalue weighted by Gasteiger charge is -2.18. The molecule has 0 heterocycles. The summed E-state index contributed by atoms with van der Waals surface area (Å²) < 4.78 is 10.5. The van der Waals surface area contributed by atoms with Crippen molar-refractivity contribution in [1.82, 2.24) is 10.3 Å². The Bertz CT molecular complexity index is 449. The first-order valence-electron chi connectivity index (χ1n) is 5.96. The van der Waals surface area contributed by atoms with Crippen molar-refractivity contribution in [2.45, 2.75) is 13.3 Å². The maximum atomic E-state index is 11.3. The molecule has 0 bridgehead atoms. The molecule has 1 aromatic rings. The fourth-order valence-electron chi connectivity index (χ4n) is 1.79. The van der Waals surface area contributed by atoms with Crippen LogP contribution in [-0.2, 0) is 6.42 Å². The molecule has 19 heavy (non-hydrogen) atoms. The maximum Gasteiger partial charge on any atom is 0.331 e. The van der Waals surface area contributed by atoms with Crippen LogP contribution in [0.2, 0.25) is 0 Å². The van der Waals surface area contributed by atoms with Crippen LogP contribution in [0.4, 0.5) is 4.79 Å². The highest BCUT2D eigenvalue weighted by Gasteiger charge is 2.11. The number of rotatable bonds is 5. The minimum absolute atomic E-state index is 0.307. The van der Waals surface area contributed by atoms with Crippen LogP contribution in [0, 0.1) is 6.92 Å². The molecule has 0 spiro atoms. The number of aryl methyl sites for hydroxylation is 1. The van der Waals surface area contributed by atoms with Crippen molar-refractivity contribution in [3.05, 3.63) is 23.3 Å². The number of benzene rings is 1. The number of hydrogen-bond donors (Lipinski definition) is 2. The Morgan fingerprint density at radius 1 is 1.32 bits per heavy atom. The Morgan fingerprint density at radius 3 is 2.42 bits per heavy atom. The number of hydrogen-bond acceptors (Lipinski definition) is 4. The Balaban J connectivity index is 2.81. The van der Waals surface area contributed by atoms with Crippen LogP contribution in [0.3, 0.4) is 0 Å². The van der Waals surface area contributed by atoms with Gasteiger partial charge < -0.3 is 14.4 Å². The summed E-state index contributed by atoms with van der Waals surface area (Å²) in [6.45, 7) is 2.57. The third-order valence-electron chi connectivity index (χ3n) is 3.03. The Hall–Kier alpha value is -1.95. The van der Waals surface area contributed by atoms with Crippen LogP contribution in [0.5, 0.6) is 11.5 Å². The van der Waals surface area contributed by atoms with E-state index in [1.54, 1.807) is 21.3 Å². The Labute approximate surface area is 113 Å². The average molecular weight is 267 g/mol. The van der Waals surface area contributed by atoms with Crippen LogP contribution < -0.4 is 20.7 Å². The number of carbonyl (C=O) groups is 1. The highest BCUT2D eigenvalue weighted by molar-refractivity contribution is 5.73. The lowest BCUT2D eigenvalue weighted by molar-refractivity contribution is 0.209. The summed E-state index contributed by atoms with van der Waals surface area (Å²) in [4.78, 5) is 12.8. The summed E-state index contributed by atoms with van der Waals surface area (Å²) in [5, 5.41) is 0. The zero-order valence-electron chi connectivity index (χ0n) is 11.8. The first kappa shape index (κ1) is 15.1. The maximum absolute atomic E-state index is 11.3. The zero-order valence-corrected chi connectivity index (χ0v) is 11.8. The van der Waals surface area contributed by atoms with Crippen LogP contribution in [0.25, 0.3) is 0 Å². The second kappa shape index (κ2) is 6.84. The number of urea groups is 1. The fourth-order valence-corrected chi connectivity index (χ4v) is 1.79. The van der Waals surface area contributed by atoms with E-state index in [-0.39, 0.29) is 6.03 Å². The van der Waals surface area contributed by atoms with Gasteiger partial charge in [0.25, 0.3) is 0 Å². The molecule has 0 atom stereocenters. The van der Waals surface area contributed by atoms with Crippen LogP contribution >= 0.6 is 0 Å². The standard InChI is InChI=1S/C13H21N3O3/c1-9-7-11(18-3)12(19-4)8-10(9)5-6-16(2)13(17)15-14/h7-8H,5-6,14H2,1-4H3,(H,15,17). The van der Waals surface area contributed by atoms with Crippen molar-refractivity contribution >= 4 is 6.03 Å². The third-order valence-corrected chi connectivity index (χ3v) is 3.03. The zero-order chi connectivity index (χ0) is 14.4. The summed E-state index contributed by atoms with van der Waals surface area (Å²) in [7, 11) is 4.90. The predicted molar refractivity (Wildman–Crippen MR) is 73.3 cm³/mol. The van der Waals surface area contributed by atoms with Crippen LogP contribution in [-0.4, -0.2) is 38.7 Å². The number of nitrogens with one attached hydrogen (secondary N) is 1. The first-order valence-corrected chi connectivity index (χ1v) is 5.96. The Morgan fingerprint density at radius 2 is 1.89 bits per heavy atom. The molecule has 106 valence electrons. The molecule has 2 amide bonds. The second-order valence-electron chi connectivity index (χ2n) is 4.25. The number of amides is 2. The van der Waals surface area contributed by atoms with Crippen molar-refractivity contribution in [1.29, 1.82) is 0 Å². The lowest BCUT2D eigenvalue weighted by Crippen LogP contribution is -2.42. The number of nitrogens with two attached hydrogens (primary N) is 1. The average Bonchev–Trinajstić information content (AvgIpc) is 2.44. The number of hydrazine groups is 1. The van der Waals surface area contributed by atoms with Gasteiger partial charge in [0.15, 0.2) is 11.5 Å². The number of ether oxygens (including phenoxy) is 2. The van der Waals surface area contributed by atoms with E-state index >= 15 is 0 Å². The lowest BCUT2D eigenvalue weighted by atomic mass is 10.0. The van der Waals surface area contributed by atoms with Crippen molar-refractivity contribution < 1.29 is 14.3 Å². The van der Waals surface area contributed by atoms with Gasteiger partial charge in [-0.2, -0.15) is 0 Å². The summed E-state index contributed by atoms with van der Waals surface area (Å²) in [6, 6.07) is 3.55. The molecule has 1 aromatic carbocycles. The van der Waals surface area contributed by atoms with E-state index in [9.17, 15) is 4.79 Å². The molecule has 0 aliphatic rings. The first-order chi connectivity index (χ1) is 9.03. The van der Waals surface area contributed by atoms with Gasteiger partial charge in [-0.05, 0) is 36.6 Å². The number of likely N-dealkylation sites (N-methyl/N-ethyl adjacent to an activating group) is 1. The van der Waals surface area contributed by atoms with Crippen LogP contribution in [0.15, 0.2) is 12.1 Å². The summed E-state index contributed by atoms with van der Waals surface area (Å²) >= 11 is 0. The molecule has 0 aromatic heterocycles. The molecule has 0 aliphatic carbocycles. The van der Waals surface area contributed by atoms with Crippen molar-refractivity contribution in [3.63, 3.8) is 0 Å². The van der Waals surface area contributed by atoms with Gasteiger partial charge in [-0.3, -0.25) is 5.43 Å². The van der Waals surface area contributed by atoms with Gasteiger partial charge in [0.1, 0.15) is 0 Å². The summed E-state index contributed by atoms with van der Waals surface area (Å²) in [5.74, 6) is 6.47. The number of nitrogens with zero attached hydrogens (tertiary/aromatic N) is 1. The smallest absolute Gasteiger partial charge is 0.331 e. The van der Waals surface area contributed by atoms with Crippen LogP contribution in [0.1, 0.15) is 11.1 Å². The number of carbonyl (C=O) groups excluding carboxylic acids is 1. The largest absolute Gasteiger partial charge is 0.493 e. The van der Waals surface area contributed by atoms with Crippen molar-refractivity contribution in [3.8, 4) is 11.5 Å². The molecule has 0 unspecified atom stereocenters. The molecule has 0 aliphatic heterocycles. The Kier molecular flexibility index (Phi) is 5.44. The quantitative estimate of drug-likeness (QED) is 0.475. The summed E-state index contributed by atoms with van der Waals surface area (Å²) in [6.07, 6.45) is 0.718. The molecule has 0 saturated heterocycles. The van der Waals surface area contributed by atoms with Gasteiger partial charge in [0, 0.05) is 13.6 Å². The van der Waals surface area contributed by atoms with E-state index in [4.69, 9.17) is 15.3 Å². The van der Waals surface area contributed by atoms with Crippen molar-refractivity contribution in [2.24, 2.45) is 5.84 Å². The molecular formula is C13H21N3O3. The normalized spacial score (nSPS) is 9.95. The molecule has 0 fully saturated rings. The van der Waals surface area contributed by atoms with Gasteiger partial charge in [-0.25, -0.2) is 10.6 Å². The highest BCUT2D eigenvalue weighted by Crippen LogP contribution is 2.30. The van der Waals surface area contributed by atoms with E-state index < -0.39 is 0 Å². The second-order valence-corrected chi connectivity index (χ2v) is 4.25. The summed E-state index contributed by atoms with van der Waals surface area (Å²) in [5.41, 5.74) is 4.30. The van der Waals surface area contributed by atoms with Gasteiger partial charge in [-0.1, -0.05) is 0 Å². The minimum atomic E-state index is -0.307. The van der Waals surface area contributed by atoms with E-state index in [1.165, 1.54) is 4.90 Å². The molecule has 1 rings (SSSR count). The SMILES string of the molecule is COc1cc(C)c(CCN(C)C(=O)NN)cc1OC. The molecule has 0 radical (unpaired) electrons. The highest BCUT2D eigenvalue weighted by atomic mass is 16.5. The van der Waals surface area contributed by atoms with E-state index in [1.807, 2.05) is 19.1 Å². The minimum Gasteiger partial charge on any atom is -0.493 e. The van der Waals surface area contributed by atoms with E-state index in [0.29, 0.717) is 18.0 Å². The third kappa shape index (κ3) is 3.75. The topological polar surface area (TPSA) is 76.8 Å². The molecular weight excluding hydrogens is 246 g/mol. The monoisotopic (exact) mass is 267 g/mol. The van der Waals surface area contributed by atoms with Crippen molar-refractivity contribution in [2.75, 3.05) is 27.8 Å². The van der Waals surface area contributed by atoms with E-state index in [0.717, 1.165) is 17.5 Å². The van der Waals surface area contributed by atoms with Gasteiger partial charge >= 0.3 is 6.03 Å². The molecule has 0 saturated carbocycles. The van der Waals surface area contributed by atoms with Gasteiger partial charge in [0.05, 0.1) is 14.2 Å². The van der Waals surface area contributed by atoms with E-state index in [2.05, 4.69) is 5.43 Å². The molecule has 6 nitrogen and oxygen atoms in total. The predicted octanol–water partition coefficient (Wildman–Crippen LogP) is 1.07. The van der Waals surface area contributed by atoms with Gasteiger partial charge in [0.2, 0.25) is 0 Å².